The molecule has 2 aromatic rings. The third-order valence-electron chi connectivity index (χ3n) is 4.08. The number of nitrogens with zero attached hydrogens (tertiary/aromatic N) is 1. The van der Waals surface area contributed by atoms with Crippen molar-refractivity contribution in [1.29, 1.82) is 0 Å². The van der Waals surface area contributed by atoms with E-state index < -0.39 is 17.5 Å². The molecular weight excluding hydrogens is 394 g/mol. The highest BCUT2D eigenvalue weighted by atomic mass is 32.2. The van der Waals surface area contributed by atoms with E-state index in [0.29, 0.717) is 18.0 Å². The molecule has 1 aliphatic carbocycles. The Kier molecular flexibility index (Phi) is 6.61. The second-order valence-electron chi connectivity index (χ2n) is 6.30. The zero-order valence-corrected chi connectivity index (χ0v) is 16.5. The van der Waals surface area contributed by atoms with Gasteiger partial charge in [0, 0.05) is 25.2 Å². The summed E-state index contributed by atoms with van der Waals surface area (Å²) in [5.74, 6) is -1.28. The van der Waals surface area contributed by atoms with Crippen molar-refractivity contribution in [3.63, 3.8) is 0 Å². The van der Waals surface area contributed by atoms with Gasteiger partial charge in [-0.05, 0) is 30.7 Å². The van der Waals surface area contributed by atoms with E-state index in [1.54, 1.807) is 30.3 Å². The van der Waals surface area contributed by atoms with Crippen LogP contribution in [0.3, 0.4) is 0 Å². The number of Topliss-reactive ketones (excluding diaryl/α,β-unsaturated/α-hetero) is 1. The average Bonchev–Trinajstić information content (AvgIpc) is 3.15. The SMILES string of the molecule is CC(=O)NCCCCSC1=CC(=O)c2onc(C(=O)Nc3ccccc3)c2C1=O. The number of carbonyl (C=O) groups is 4. The fraction of sp³-hybridized carbons (Fsp3) is 0.250. The molecule has 0 aliphatic heterocycles. The Bertz CT molecular complexity index is 981. The predicted molar refractivity (Wildman–Crippen MR) is 108 cm³/mol. The molecule has 29 heavy (non-hydrogen) atoms. The summed E-state index contributed by atoms with van der Waals surface area (Å²) in [5.41, 5.74) is 0.221. The highest BCUT2D eigenvalue weighted by Gasteiger charge is 2.36. The minimum Gasteiger partial charge on any atom is -0.356 e. The number of fused-ring (bicyclic) bond motifs is 1. The van der Waals surface area contributed by atoms with E-state index in [4.69, 9.17) is 4.52 Å². The van der Waals surface area contributed by atoms with Crippen LogP contribution in [0.2, 0.25) is 0 Å². The standard InChI is InChI=1S/C20H19N3O5S/c1-12(24)21-9-5-6-10-29-15-11-14(25)19-16(18(15)26)17(23-28-19)20(27)22-13-7-3-2-4-8-13/h2-4,7-8,11H,5-6,9-10H2,1H3,(H,21,24)(H,22,27). The van der Waals surface area contributed by atoms with E-state index in [1.165, 1.54) is 24.8 Å². The van der Waals surface area contributed by atoms with E-state index >= 15 is 0 Å². The number of hydrogen-bond donors (Lipinski definition) is 2. The van der Waals surface area contributed by atoms with Crippen LogP contribution in [-0.4, -0.2) is 40.8 Å². The highest BCUT2D eigenvalue weighted by Crippen LogP contribution is 2.31. The van der Waals surface area contributed by atoms with E-state index in [1.807, 2.05) is 0 Å². The van der Waals surface area contributed by atoms with Crippen molar-refractivity contribution in [1.82, 2.24) is 10.5 Å². The zero-order valence-electron chi connectivity index (χ0n) is 15.7. The fourth-order valence-corrected chi connectivity index (χ4v) is 3.68. The van der Waals surface area contributed by atoms with Crippen LogP contribution >= 0.6 is 11.8 Å². The molecule has 0 saturated heterocycles. The first-order valence-electron chi connectivity index (χ1n) is 9.01. The number of aromatic nitrogens is 1. The van der Waals surface area contributed by atoms with E-state index in [-0.39, 0.29) is 27.8 Å². The minimum atomic E-state index is -0.621. The van der Waals surface area contributed by atoms with Gasteiger partial charge in [0.15, 0.2) is 5.69 Å². The summed E-state index contributed by atoms with van der Waals surface area (Å²) >= 11 is 1.24. The first kappa shape index (κ1) is 20.5. The van der Waals surface area contributed by atoms with Gasteiger partial charge in [0.05, 0.1) is 4.91 Å². The fourth-order valence-electron chi connectivity index (χ4n) is 2.69. The van der Waals surface area contributed by atoms with Crippen molar-refractivity contribution in [2.24, 2.45) is 0 Å². The first-order valence-corrected chi connectivity index (χ1v) is 10.00. The van der Waals surface area contributed by atoms with Gasteiger partial charge in [-0.25, -0.2) is 0 Å². The van der Waals surface area contributed by atoms with Crippen LogP contribution in [-0.2, 0) is 4.79 Å². The normalized spacial score (nSPS) is 12.9. The quantitative estimate of drug-likeness (QED) is 0.639. The first-order chi connectivity index (χ1) is 14.0. The van der Waals surface area contributed by atoms with Crippen LogP contribution in [0.4, 0.5) is 5.69 Å². The molecule has 0 radical (unpaired) electrons. The Morgan fingerprint density at radius 2 is 1.90 bits per heavy atom. The van der Waals surface area contributed by atoms with Gasteiger partial charge in [0.25, 0.3) is 5.91 Å². The molecule has 3 rings (SSSR count). The van der Waals surface area contributed by atoms with Crippen molar-refractivity contribution < 1.29 is 23.7 Å². The molecule has 8 nitrogen and oxygen atoms in total. The van der Waals surface area contributed by atoms with Crippen molar-refractivity contribution in [2.75, 3.05) is 17.6 Å². The molecule has 0 saturated carbocycles. The van der Waals surface area contributed by atoms with Gasteiger partial charge in [-0.3, -0.25) is 19.2 Å². The predicted octanol–water partition coefficient (Wildman–Crippen LogP) is 2.84. The summed E-state index contributed by atoms with van der Waals surface area (Å²) in [7, 11) is 0. The largest absolute Gasteiger partial charge is 0.356 e. The van der Waals surface area contributed by atoms with Crippen LogP contribution in [0.1, 0.15) is 51.2 Å². The van der Waals surface area contributed by atoms with Gasteiger partial charge in [-0.15, -0.1) is 11.8 Å². The number of rotatable bonds is 8. The summed E-state index contributed by atoms with van der Waals surface area (Å²) in [5, 5.41) is 8.99. The summed E-state index contributed by atoms with van der Waals surface area (Å²) in [6, 6.07) is 8.71. The minimum absolute atomic E-state index is 0.0882. The number of para-hydroxylation sites is 1. The number of nitrogens with one attached hydrogen (secondary N) is 2. The number of unbranched alkanes of at least 4 members (excludes halogenated alkanes) is 1. The number of amides is 2. The number of ketones is 2. The van der Waals surface area contributed by atoms with Gasteiger partial charge in [-0.1, -0.05) is 23.4 Å². The molecule has 0 spiro atoms. The van der Waals surface area contributed by atoms with Crippen molar-refractivity contribution in [2.45, 2.75) is 19.8 Å². The van der Waals surface area contributed by atoms with Crippen LogP contribution in [0.5, 0.6) is 0 Å². The van der Waals surface area contributed by atoms with Crippen LogP contribution in [0, 0.1) is 0 Å². The Hall–Kier alpha value is -3.20. The lowest BCUT2D eigenvalue weighted by atomic mass is 9.99. The smallest absolute Gasteiger partial charge is 0.278 e. The Balaban J connectivity index is 1.66. The summed E-state index contributed by atoms with van der Waals surface area (Å²) in [6.45, 7) is 2.01. The molecule has 2 N–H and O–H groups in total. The molecule has 9 heteroatoms. The lowest BCUT2D eigenvalue weighted by Gasteiger charge is -2.11. The highest BCUT2D eigenvalue weighted by molar-refractivity contribution is 8.04. The van der Waals surface area contributed by atoms with E-state index in [0.717, 1.165) is 12.8 Å². The lowest BCUT2D eigenvalue weighted by molar-refractivity contribution is -0.118. The summed E-state index contributed by atoms with van der Waals surface area (Å²) in [6.07, 6.45) is 2.72. The van der Waals surface area contributed by atoms with E-state index in [9.17, 15) is 19.2 Å². The number of anilines is 1. The number of benzene rings is 1. The Labute approximate surface area is 171 Å². The van der Waals surface area contributed by atoms with Crippen LogP contribution in [0.25, 0.3) is 0 Å². The van der Waals surface area contributed by atoms with Crippen molar-refractivity contribution >= 4 is 40.8 Å². The maximum absolute atomic E-state index is 12.8. The number of allylic oxidation sites excluding steroid dienone is 2. The second-order valence-corrected chi connectivity index (χ2v) is 7.43. The molecule has 1 heterocycles. The zero-order chi connectivity index (χ0) is 20.8. The van der Waals surface area contributed by atoms with Crippen LogP contribution < -0.4 is 10.6 Å². The number of hydrogen-bond acceptors (Lipinski definition) is 7. The third-order valence-corrected chi connectivity index (χ3v) is 5.19. The molecular formula is C20H19N3O5S. The molecule has 2 amide bonds. The third kappa shape index (κ3) is 5.00. The monoisotopic (exact) mass is 413 g/mol. The Morgan fingerprint density at radius 3 is 2.62 bits per heavy atom. The van der Waals surface area contributed by atoms with Gasteiger partial charge >= 0.3 is 0 Å². The average molecular weight is 413 g/mol. The molecule has 0 atom stereocenters. The lowest BCUT2D eigenvalue weighted by Crippen LogP contribution is -2.21. The van der Waals surface area contributed by atoms with E-state index in [2.05, 4.69) is 15.8 Å². The van der Waals surface area contributed by atoms with Gasteiger partial charge < -0.3 is 15.2 Å². The van der Waals surface area contributed by atoms with Crippen LogP contribution in [0.15, 0.2) is 45.8 Å². The maximum atomic E-state index is 12.8. The maximum Gasteiger partial charge on any atom is 0.278 e. The van der Waals surface area contributed by atoms with Gasteiger partial charge in [-0.2, -0.15) is 0 Å². The molecule has 1 aromatic heterocycles. The Morgan fingerprint density at radius 1 is 1.14 bits per heavy atom. The summed E-state index contributed by atoms with van der Waals surface area (Å²) < 4.78 is 4.98. The molecule has 0 fully saturated rings. The number of thioether (sulfide) groups is 1. The van der Waals surface area contributed by atoms with Gasteiger partial charge in [0.2, 0.25) is 23.2 Å². The molecule has 1 aromatic carbocycles. The van der Waals surface area contributed by atoms with Crippen molar-refractivity contribution in [3.8, 4) is 0 Å². The summed E-state index contributed by atoms with van der Waals surface area (Å²) in [4.78, 5) is 48.7. The molecule has 150 valence electrons. The molecule has 0 unspecified atom stereocenters. The molecule has 0 bridgehead atoms. The number of carbonyl (C=O) groups excluding carboxylic acids is 4. The molecule has 1 aliphatic rings. The van der Waals surface area contributed by atoms with Gasteiger partial charge in [0.1, 0.15) is 5.56 Å². The van der Waals surface area contributed by atoms with Crippen molar-refractivity contribution in [3.05, 3.63) is 58.3 Å². The second kappa shape index (κ2) is 9.33. The topological polar surface area (TPSA) is 118 Å².